The number of hydrogen-bond donors (Lipinski definition) is 1. The maximum absolute atomic E-state index is 6.39. The summed E-state index contributed by atoms with van der Waals surface area (Å²) in [6, 6.07) is 17.3. The van der Waals surface area contributed by atoms with E-state index in [9.17, 15) is 0 Å². The van der Waals surface area contributed by atoms with Crippen LogP contribution in [0.1, 0.15) is 53.5 Å². The highest BCUT2D eigenvalue weighted by atomic mass is 14.6. The van der Waals surface area contributed by atoms with Gasteiger partial charge in [-0.05, 0) is 47.9 Å². The molecule has 2 aromatic carbocycles. The minimum atomic E-state index is -0.0170. The second-order valence-electron chi connectivity index (χ2n) is 5.63. The van der Waals surface area contributed by atoms with Crippen LogP contribution in [0.3, 0.4) is 0 Å². The monoisotopic (exact) mass is 251 g/mol. The summed E-state index contributed by atoms with van der Waals surface area (Å²) >= 11 is 0. The van der Waals surface area contributed by atoms with Crippen molar-refractivity contribution in [2.45, 2.75) is 38.1 Å². The van der Waals surface area contributed by atoms with E-state index in [0.29, 0.717) is 0 Å². The Morgan fingerprint density at radius 3 is 2.26 bits per heavy atom. The van der Waals surface area contributed by atoms with Gasteiger partial charge in [-0.3, -0.25) is 0 Å². The highest BCUT2D eigenvalue weighted by Crippen LogP contribution is 2.36. The van der Waals surface area contributed by atoms with Gasteiger partial charge in [-0.1, -0.05) is 55.0 Å². The first kappa shape index (κ1) is 12.4. The molecular weight excluding hydrogens is 230 g/mol. The minimum Gasteiger partial charge on any atom is -0.320 e. The molecule has 0 amide bonds. The summed E-state index contributed by atoms with van der Waals surface area (Å²) in [7, 11) is 0. The summed E-state index contributed by atoms with van der Waals surface area (Å²) in [5.41, 5.74) is 11.6. The third kappa shape index (κ3) is 2.43. The molecule has 0 spiro atoms. The second-order valence-corrected chi connectivity index (χ2v) is 5.63. The maximum Gasteiger partial charge on any atom is 0.0554 e. The first-order valence-electron chi connectivity index (χ1n) is 7.16. The van der Waals surface area contributed by atoms with E-state index in [1.807, 2.05) is 0 Å². The van der Waals surface area contributed by atoms with E-state index >= 15 is 0 Å². The molecule has 2 N–H and O–H groups in total. The Bertz CT molecular complexity index is 552. The third-order valence-corrected chi connectivity index (χ3v) is 4.40. The molecule has 1 saturated carbocycles. The third-order valence-electron chi connectivity index (χ3n) is 4.40. The summed E-state index contributed by atoms with van der Waals surface area (Å²) in [6.45, 7) is 2.12. The van der Waals surface area contributed by atoms with Crippen LogP contribution in [0, 0.1) is 6.92 Å². The molecule has 1 unspecified atom stereocenters. The molecular formula is C18H21N. The number of rotatable bonds is 3. The van der Waals surface area contributed by atoms with E-state index < -0.39 is 0 Å². The highest BCUT2D eigenvalue weighted by molar-refractivity contribution is 5.38. The average Bonchev–Trinajstić information content (AvgIpc) is 2.37. The van der Waals surface area contributed by atoms with Gasteiger partial charge in [0.25, 0.3) is 0 Å². The largest absolute Gasteiger partial charge is 0.320 e. The first-order valence-corrected chi connectivity index (χ1v) is 7.16. The van der Waals surface area contributed by atoms with Gasteiger partial charge in [-0.2, -0.15) is 0 Å². The van der Waals surface area contributed by atoms with Gasteiger partial charge in [0.05, 0.1) is 6.04 Å². The van der Waals surface area contributed by atoms with E-state index in [4.69, 9.17) is 5.73 Å². The van der Waals surface area contributed by atoms with E-state index in [2.05, 4.69) is 55.5 Å². The number of nitrogens with two attached hydrogens (primary N) is 1. The zero-order valence-corrected chi connectivity index (χ0v) is 11.5. The van der Waals surface area contributed by atoms with Gasteiger partial charge >= 0.3 is 0 Å². The lowest BCUT2D eigenvalue weighted by molar-refractivity contribution is 0.419. The summed E-state index contributed by atoms with van der Waals surface area (Å²) in [4.78, 5) is 0. The molecule has 19 heavy (non-hydrogen) atoms. The van der Waals surface area contributed by atoms with Crippen LogP contribution < -0.4 is 5.73 Å². The van der Waals surface area contributed by atoms with Crippen LogP contribution in [0.2, 0.25) is 0 Å². The van der Waals surface area contributed by atoms with Crippen LogP contribution in [0.5, 0.6) is 0 Å². The molecule has 0 heterocycles. The Balaban J connectivity index is 1.83. The summed E-state index contributed by atoms with van der Waals surface area (Å²) < 4.78 is 0. The molecule has 0 saturated heterocycles. The smallest absolute Gasteiger partial charge is 0.0554 e. The first-order chi connectivity index (χ1) is 9.25. The Morgan fingerprint density at radius 1 is 1.00 bits per heavy atom. The fourth-order valence-electron chi connectivity index (χ4n) is 2.83. The maximum atomic E-state index is 6.39. The lowest BCUT2D eigenvalue weighted by Gasteiger charge is -2.26. The lowest BCUT2D eigenvalue weighted by atomic mass is 9.79. The SMILES string of the molecule is Cc1ccccc1C(N)c1ccc(C2CCC2)cc1. The predicted molar refractivity (Wildman–Crippen MR) is 80.2 cm³/mol. The van der Waals surface area contributed by atoms with Gasteiger partial charge in [-0.15, -0.1) is 0 Å². The molecule has 0 bridgehead atoms. The summed E-state index contributed by atoms with van der Waals surface area (Å²) in [5.74, 6) is 0.795. The van der Waals surface area contributed by atoms with E-state index in [-0.39, 0.29) is 6.04 Å². The van der Waals surface area contributed by atoms with Crippen molar-refractivity contribution in [1.29, 1.82) is 0 Å². The van der Waals surface area contributed by atoms with Crippen molar-refractivity contribution in [2.24, 2.45) is 5.73 Å². The molecule has 0 aliphatic heterocycles. The van der Waals surface area contributed by atoms with Crippen molar-refractivity contribution < 1.29 is 0 Å². The standard InChI is InChI=1S/C18H21N/c1-13-5-2-3-8-17(13)18(19)16-11-9-15(10-12-16)14-6-4-7-14/h2-3,5,8-12,14,18H,4,6-7,19H2,1H3. The van der Waals surface area contributed by atoms with Gasteiger partial charge in [-0.25, -0.2) is 0 Å². The normalized spacial score (nSPS) is 16.9. The molecule has 1 aliphatic carbocycles. The Labute approximate surface area is 115 Å². The fourth-order valence-corrected chi connectivity index (χ4v) is 2.83. The molecule has 0 aromatic heterocycles. The van der Waals surface area contributed by atoms with Crippen molar-refractivity contribution in [3.05, 3.63) is 70.8 Å². The van der Waals surface area contributed by atoms with Crippen molar-refractivity contribution in [2.75, 3.05) is 0 Å². The number of aryl methyl sites for hydroxylation is 1. The van der Waals surface area contributed by atoms with Gasteiger partial charge in [0.1, 0.15) is 0 Å². The van der Waals surface area contributed by atoms with Gasteiger partial charge < -0.3 is 5.73 Å². The zero-order valence-electron chi connectivity index (χ0n) is 11.5. The van der Waals surface area contributed by atoms with Crippen LogP contribution in [0.15, 0.2) is 48.5 Å². The van der Waals surface area contributed by atoms with Crippen LogP contribution in [0.4, 0.5) is 0 Å². The quantitative estimate of drug-likeness (QED) is 0.864. The summed E-state index contributed by atoms with van der Waals surface area (Å²) in [5, 5.41) is 0. The highest BCUT2D eigenvalue weighted by Gasteiger charge is 2.19. The zero-order chi connectivity index (χ0) is 13.2. The average molecular weight is 251 g/mol. The van der Waals surface area contributed by atoms with Gasteiger partial charge in [0.2, 0.25) is 0 Å². The van der Waals surface area contributed by atoms with Crippen molar-refractivity contribution in [3.8, 4) is 0 Å². The van der Waals surface area contributed by atoms with Crippen molar-refractivity contribution in [3.63, 3.8) is 0 Å². The molecule has 1 atom stereocenters. The van der Waals surface area contributed by atoms with Crippen LogP contribution in [-0.2, 0) is 0 Å². The fraction of sp³-hybridized carbons (Fsp3) is 0.333. The van der Waals surface area contributed by atoms with Gasteiger partial charge in [0.15, 0.2) is 0 Å². The Hall–Kier alpha value is -1.60. The predicted octanol–water partition coefficient (Wildman–Crippen LogP) is 4.31. The van der Waals surface area contributed by atoms with Crippen molar-refractivity contribution >= 4 is 0 Å². The van der Waals surface area contributed by atoms with Crippen molar-refractivity contribution in [1.82, 2.24) is 0 Å². The van der Waals surface area contributed by atoms with Crippen LogP contribution in [-0.4, -0.2) is 0 Å². The Kier molecular flexibility index (Phi) is 3.39. The number of benzene rings is 2. The topological polar surface area (TPSA) is 26.0 Å². The number of hydrogen-bond acceptors (Lipinski definition) is 1. The van der Waals surface area contributed by atoms with Crippen LogP contribution >= 0.6 is 0 Å². The van der Waals surface area contributed by atoms with Gasteiger partial charge in [0, 0.05) is 0 Å². The molecule has 1 nitrogen and oxygen atoms in total. The Morgan fingerprint density at radius 2 is 1.68 bits per heavy atom. The molecule has 1 heteroatoms. The van der Waals surface area contributed by atoms with Crippen LogP contribution in [0.25, 0.3) is 0 Å². The lowest BCUT2D eigenvalue weighted by Crippen LogP contribution is -2.14. The molecule has 2 aromatic rings. The minimum absolute atomic E-state index is 0.0170. The van der Waals surface area contributed by atoms with E-state index in [0.717, 1.165) is 5.92 Å². The van der Waals surface area contributed by atoms with E-state index in [1.165, 1.54) is 41.5 Å². The van der Waals surface area contributed by atoms with E-state index in [1.54, 1.807) is 0 Å². The summed E-state index contributed by atoms with van der Waals surface area (Å²) in [6.07, 6.45) is 4.08. The molecule has 3 rings (SSSR count). The molecule has 1 aliphatic rings. The molecule has 98 valence electrons. The molecule has 0 radical (unpaired) electrons. The second kappa shape index (κ2) is 5.18. The molecule has 1 fully saturated rings.